The third-order valence-corrected chi connectivity index (χ3v) is 5.63. The van der Waals surface area contributed by atoms with Crippen LogP contribution in [0.15, 0.2) is 61.2 Å². The topological polar surface area (TPSA) is 87.7 Å². The monoisotopic (exact) mass is 507 g/mol. The van der Waals surface area contributed by atoms with Gasteiger partial charge >= 0.3 is 6.09 Å². The molecule has 37 heavy (non-hydrogen) atoms. The summed E-state index contributed by atoms with van der Waals surface area (Å²) in [7, 11) is 0. The molecule has 0 aliphatic rings. The second-order valence-electron chi connectivity index (χ2n) is 10.7. The molecule has 2 rings (SSSR count). The van der Waals surface area contributed by atoms with Crippen molar-refractivity contribution in [2.75, 3.05) is 11.9 Å². The second-order valence-corrected chi connectivity index (χ2v) is 10.7. The summed E-state index contributed by atoms with van der Waals surface area (Å²) < 4.78 is 5.42. The average molecular weight is 508 g/mol. The lowest BCUT2D eigenvalue weighted by molar-refractivity contribution is -0.140. The van der Waals surface area contributed by atoms with Crippen molar-refractivity contribution < 1.29 is 19.1 Å². The fourth-order valence-corrected chi connectivity index (χ4v) is 4.03. The highest BCUT2D eigenvalue weighted by Gasteiger charge is 2.36. The third kappa shape index (κ3) is 9.08. The Morgan fingerprint density at radius 1 is 1.05 bits per heavy atom. The molecule has 2 aromatic rings. The Balaban J connectivity index is 2.51. The van der Waals surface area contributed by atoms with E-state index in [-0.39, 0.29) is 24.3 Å². The summed E-state index contributed by atoms with van der Waals surface area (Å²) in [5.41, 5.74) is 2.49. The van der Waals surface area contributed by atoms with Crippen LogP contribution >= 0.6 is 0 Å². The van der Waals surface area contributed by atoms with Gasteiger partial charge in [-0.25, -0.2) is 4.79 Å². The summed E-state index contributed by atoms with van der Waals surface area (Å²) in [6.07, 6.45) is 1.29. The van der Waals surface area contributed by atoms with Crippen molar-refractivity contribution in [2.45, 2.75) is 72.6 Å². The maximum Gasteiger partial charge on any atom is 0.408 e. The van der Waals surface area contributed by atoms with Crippen LogP contribution in [0.1, 0.15) is 63.8 Å². The lowest BCUT2D eigenvalue weighted by Crippen LogP contribution is -2.52. The van der Waals surface area contributed by atoms with Crippen LogP contribution in [0.5, 0.6) is 0 Å². The van der Waals surface area contributed by atoms with Gasteiger partial charge in [0.05, 0.1) is 0 Å². The van der Waals surface area contributed by atoms with Crippen molar-refractivity contribution >= 4 is 23.6 Å². The molecule has 0 saturated heterocycles. The molecule has 3 amide bonds. The Labute approximate surface area is 221 Å². The van der Waals surface area contributed by atoms with E-state index in [9.17, 15) is 14.4 Å². The number of anilines is 1. The Morgan fingerprint density at radius 3 is 2.30 bits per heavy atom. The highest BCUT2D eigenvalue weighted by atomic mass is 16.6. The molecule has 0 fully saturated rings. The van der Waals surface area contributed by atoms with E-state index in [0.29, 0.717) is 17.7 Å². The van der Waals surface area contributed by atoms with Gasteiger partial charge in [-0.3, -0.25) is 9.59 Å². The Bertz CT molecular complexity index is 1100. The molecular formula is C30H41N3O4. The van der Waals surface area contributed by atoms with Crippen LogP contribution in [0, 0.1) is 19.8 Å². The number of nitrogens with zero attached hydrogens (tertiary/aromatic N) is 1. The van der Waals surface area contributed by atoms with Crippen LogP contribution in [0.25, 0.3) is 0 Å². The largest absolute Gasteiger partial charge is 0.444 e. The fourth-order valence-electron chi connectivity index (χ4n) is 4.03. The number of carbonyl (C=O) groups is 3. The quantitative estimate of drug-likeness (QED) is 0.390. The summed E-state index contributed by atoms with van der Waals surface area (Å²) in [6.45, 7) is 17.0. The number of ether oxygens (including phenoxy) is 1. The molecule has 0 heterocycles. The smallest absolute Gasteiger partial charge is 0.408 e. The maximum absolute atomic E-state index is 14.0. The first kappa shape index (κ1) is 29.6. The predicted octanol–water partition coefficient (Wildman–Crippen LogP) is 5.94. The van der Waals surface area contributed by atoms with Crippen LogP contribution in [0.2, 0.25) is 0 Å². The first-order valence-corrected chi connectivity index (χ1v) is 12.7. The van der Waals surface area contributed by atoms with Crippen LogP contribution in [0.4, 0.5) is 10.5 Å². The summed E-state index contributed by atoms with van der Waals surface area (Å²) in [5.74, 6) is -0.630. The number of carbonyl (C=O) groups excluding carboxylic acids is 3. The SMILES string of the molecule is C=CCN(C(=O)C(CC(C)C)NC(=O)OC(C)(C)C)C(C(=O)Nc1ccccc1C)c1cccc(C)c1. The molecule has 2 atom stereocenters. The maximum atomic E-state index is 14.0. The van der Waals surface area contributed by atoms with E-state index in [1.807, 2.05) is 76.2 Å². The molecule has 200 valence electrons. The van der Waals surface area contributed by atoms with Gasteiger partial charge < -0.3 is 20.3 Å². The van der Waals surface area contributed by atoms with Gasteiger partial charge in [0.1, 0.15) is 17.7 Å². The molecular weight excluding hydrogens is 466 g/mol. The van der Waals surface area contributed by atoms with E-state index in [2.05, 4.69) is 17.2 Å². The van der Waals surface area contributed by atoms with Gasteiger partial charge in [0.2, 0.25) is 5.91 Å². The first-order valence-electron chi connectivity index (χ1n) is 12.7. The highest BCUT2D eigenvalue weighted by Crippen LogP contribution is 2.27. The number of hydrogen-bond acceptors (Lipinski definition) is 4. The third-order valence-electron chi connectivity index (χ3n) is 5.63. The number of nitrogens with one attached hydrogen (secondary N) is 2. The number of amides is 3. The van der Waals surface area contributed by atoms with Crippen molar-refractivity contribution in [1.29, 1.82) is 0 Å². The van der Waals surface area contributed by atoms with Gasteiger partial charge in [0, 0.05) is 12.2 Å². The van der Waals surface area contributed by atoms with Gasteiger partial charge in [0.15, 0.2) is 0 Å². The first-order chi connectivity index (χ1) is 17.3. The van der Waals surface area contributed by atoms with Crippen LogP contribution < -0.4 is 10.6 Å². The van der Waals surface area contributed by atoms with Crippen molar-refractivity contribution in [3.63, 3.8) is 0 Å². The average Bonchev–Trinajstić information content (AvgIpc) is 2.78. The Kier molecular flexibility index (Phi) is 10.5. The van der Waals surface area contributed by atoms with Gasteiger partial charge in [-0.05, 0) is 64.2 Å². The Hall–Kier alpha value is -3.61. The van der Waals surface area contributed by atoms with E-state index in [1.165, 1.54) is 4.90 Å². The number of alkyl carbamates (subject to hydrolysis) is 1. The molecule has 0 aromatic heterocycles. The van der Waals surface area contributed by atoms with Gasteiger partial charge in [-0.1, -0.05) is 68.0 Å². The van der Waals surface area contributed by atoms with Crippen molar-refractivity contribution in [1.82, 2.24) is 10.2 Å². The Morgan fingerprint density at radius 2 is 1.73 bits per heavy atom. The van der Waals surface area contributed by atoms with Crippen LogP contribution in [0.3, 0.4) is 0 Å². The van der Waals surface area contributed by atoms with Gasteiger partial charge in [-0.2, -0.15) is 0 Å². The molecule has 2 N–H and O–H groups in total. The molecule has 0 radical (unpaired) electrons. The number of benzene rings is 2. The molecule has 0 bridgehead atoms. The van der Waals surface area contributed by atoms with E-state index < -0.39 is 23.8 Å². The molecule has 2 aromatic carbocycles. The standard InChI is InChI=1S/C30H41N3O4/c1-9-17-33(28(35)25(18-20(2)3)32-29(36)37-30(6,7)8)26(23-15-12-13-21(4)19-23)27(34)31-24-16-11-10-14-22(24)5/h9-16,19-20,25-26H,1,17-18H2,2-8H3,(H,31,34)(H,32,36). The van der Waals surface area contributed by atoms with Gasteiger partial charge in [-0.15, -0.1) is 6.58 Å². The molecule has 0 spiro atoms. The minimum absolute atomic E-state index is 0.104. The molecule has 0 saturated carbocycles. The predicted molar refractivity (Wildman–Crippen MR) is 148 cm³/mol. The van der Waals surface area contributed by atoms with E-state index in [4.69, 9.17) is 4.74 Å². The normalized spacial score (nSPS) is 12.9. The van der Waals surface area contributed by atoms with Crippen molar-refractivity contribution in [3.8, 4) is 0 Å². The number of aryl methyl sites for hydroxylation is 2. The summed E-state index contributed by atoms with van der Waals surface area (Å²) in [6, 6.07) is 13.2. The number of rotatable bonds is 10. The molecule has 0 aliphatic heterocycles. The number of hydrogen-bond donors (Lipinski definition) is 2. The molecule has 2 unspecified atom stereocenters. The van der Waals surface area contributed by atoms with E-state index in [0.717, 1.165) is 11.1 Å². The second kappa shape index (κ2) is 13.1. The lowest BCUT2D eigenvalue weighted by Gasteiger charge is -2.34. The van der Waals surface area contributed by atoms with Gasteiger partial charge in [0.25, 0.3) is 5.91 Å². The number of para-hydroxylation sites is 1. The minimum Gasteiger partial charge on any atom is -0.444 e. The summed E-state index contributed by atoms with van der Waals surface area (Å²) >= 11 is 0. The van der Waals surface area contributed by atoms with Crippen molar-refractivity contribution in [2.24, 2.45) is 5.92 Å². The van der Waals surface area contributed by atoms with E-state index in [1.54, 1.807) is 26.8 Å². The molecule has 7 heteroatoms. The minimum atomic E-state index is -0.944. The van der Waals surface area contributed by atoms with Crippen LogP contribution in [-0.2, 0) is 14.3 Å². The summed E-state index contributed by atoms with van der Waals surface area (Å²) in [5, 5.41) is 5.74. The van der Waals surface area contributed by atoms with Crippen LogP contribution in [-0.4, -0.2) is 41.0 Å². The zero-order valence-corrected chi connectivity index (χ0v) is 23.1. The highest BCUT2D eigenvalue weighted by molar-refractivity contribution is 5.99. The van der Waals surface area contributed by atoms with Crippen molar-refractivity contribution in [3.05, 3.63) is 77.9 Å². The summed E-state index contributed by atoms with van der Waals surface area (Å²) in [4.78, 5) is 41.9. The molecule has 7 nitrogen and oxygen atoms in total. The zero-order chi connectivity index (χ0) is 27.8. The lowest BCUT2D eigenvalue weighted by atomic mass is 9.98. The molecule has 0 aliphatic carbocycles. The van der Waals surface area contributed by atoms with E-state index >= 15 is 0 Å². The zero-order valence-electron chi connectivity index (χ0n) is 23.1. The fraction of sp³-hybridized carbons (Fsp3) is 0.433.